The zero-order valence-electron chi connectivity index (χ0n) is 12.9. The lowest BCUT2D eigenvalue weighted by Gasteiger charge is -2.41. The Balaban J connectivity index is 2.17. The molecule has 1 fully saturated rings. The number of aliphatic hydroxyl groups is 1. The first kappa shape index (κ1) is 16.5. The zero-order chi connectivity index (χ0) is 16.1. The van der Waals surface area contributed by atoms with E-state index in [2.05, 4.69) is 5.32 Å². The van der Waals surface area contributed by atoms with Crippen LogP contribution in [-0.2, 0) is 20.9 Å². The van der Waals surface area contributed by atoms with Gasteiger partial charge in [0, 0.05) is 20.0 Å². The normalized spacial score (nSPS) is 25.5. The van der Waals surface area contributed by atoms with Crippen molar-refractivity contribution in [1.29, 1.82) is 0 Å². The van der Waals surface area contributed by atoms with Crippen LogP contribution in [0.4, 0.5) is 0 Å². The van der Waals surface area contributed by atoms with Crippen LogP contribution in [0.5, 0.6) is 0 Å². The molecule has 0 saturated carbocycles. The molecule has 0 spiro atoms. The van der Waals surface area contributed by atoms with Crippen molar-refractivity contribution in [1.82, 2.24) is 10.2 Å². The van der Waals surface area contributed by atoms with E-state index in [-0.39, 0.29) is 18.3 Å². The lowest BCUT2D eigenvalue weighted by molar-refractivity contribution is -0.152. The summed E-state index contributed by atoms with van der Waals surface area (Å²) < 4.78 is 4.79. The number of hydrogen-bond donors (Lipinski definition) is 2. The van der Waals surface area contributed by atoms with E-state index in [0.29, 0.717) is 13.1 Å². The molecule has 0 bridgehead atoms. The van der Waals surface area contributed by atoms with Crippen molar-refractivity contribution in [3.05, 3.63) is 35.9 Å². The molecule has 1 aromatic carbocycles. The molecule has 1 amide bonds. The predicted molar refractivity (Wildman–Crippen MR) is 80.6 cm³/mol. The summed E-state index contributed by atoms with van der Waals surface area (Å²) in [5, 5.41) is 13.1. The number of benzene rings is 1. The van der Waals surface area contributed by atoms with Gasteiger partial charge in [-0.15, -0.1) is 0 Å². The van der Waals surface area contributed by atoms with Crippen LogP contribution in [-0.4, -0.2) is 47.8 Å². The van der Waals surface area contributed by atoms with Gasteiger partial charge in [-0.2, -0.15) is 0 Å². The largest absolute Gasteiger partial charge is 0.469 e. The van der Waals surface area contributed by atoms with E-state index in [9.17, 15) is 14.7 Å². The number of carbonyl (C=O) groups excluding carboxylic acids is 2. The van der Waals surface area contributed by atoms with E-state index >= 15 is 0 Å². The van der Waals surface area contributed by atoms with Crippen molar-refractivity contribution in [2.45, 2.75) is 32.2 Å². The van der Waals surface area contributed by atoms with Gasteiger partial charge >= 0.3 is 5.97 Å². The number of piperidine rings is 1. The minimum atomic E-state index is -0.814. The van der Waals surface area contributed by atoms with Crippen LogP contribution in [0.25, 0.3) is 0 Å². The third kappa shape index (κ3) is 4.05. The maximum Gasteiger partial charge on any atom is 0.310 e. The van der Waals surface area contributed by atoms with E-state index in [1.807, 2.05) is 35.2 Å². The molecule has 1 aliphatic rings. The van der Waals surface area contributed by atoms with Crippen molar-refractivity contribution in [3.8, 4) is 0 Å². The maximum atomic E-state index is 11.8. The Morgan fingerprint density at radius 2 is 2.05 bits per heavy atom. The summed E-state index contributed by atoms with van der Waals surface area (Å²) in [6.07, 6.45) is -1.04. The zero-order valence-corrected chi connectivity index (χ0v) is 12.9. The maximum absolute atomic E-state index is 11.8. The molecule has 0 radical (unpaired) electrons. The summed E-state index contributed by atoms with van der Waals surface area (Å²) in [5.41, 5.74) is 1.05. The SMILES string of the molecule is COC(=O)[C@@H]1C[C@H](O)[C@@H](NC(C)=O)N(Cc2ccccc2)C1. The van der Waals surface area contributed by atoms with Gasteiger partial charge in [0.25, 0.3) is 0 Å². The number of likely N-dealkylation sites (tertiary alicyclic amines) is 1. The summed E-state index contributed by atoms with van der Waals surface area (Å²) >= 11 is 0. The molecule has 0 aromatic heterocycles. The average Bonchev–Trinajstić information content (AvgIpc) is 2.50. The highest BCUT2D eigenvalue weighted by Gasteiger charge is 2.38. The number of methoxy groups -OCH3 is 1. The fourth-order valence-electron chi connectivity index (χ4n) is 2.85. The third-order valence-corrected chi connectivity index (χ3v) is 3.85. The van der Waals surface area contributed by atoms with Gasteiger partial charge < -0.3 is 15.2 Å². The number of carbonyl (C=O) groups is 2. The Kier molecular flexibility index (Phi) is 5.51. The van der Waals surface area contributed by atoms with Crippen molar-refractivity contribution < 1.29 is 19.4 Å². The lowest BCUT2D eigenvalue weighted by atomic mass is 9.93. The second-order valence-corrected chi connectivity index (χ2v) is 5.58. The van der Waals surface area contributed by atoms with E-state index in [1.165, 1.54) is 14.0 Å². The fraction of sp³-hybridized carbons (Fsp3) is 0.500. The fourth-order valence-corrected chi connectivity index (χ4v) is 2.85. The van der Waals surface area contributed by atoms with Gasteiger partial charge in [0.1, 0.15) is 6.17 Å². The van der Waals surface area contributed by atoms with Gasteiger partial charge in [0.15, 0.2) is 0 Å². The Morgan fingerprint density at radius 3 is 2.64 bits per heavy atom. The summed E-state index contributed by atoms with van der Waals surface area (Å²) in [6.45, 7) is 2.39. The van der Waals surface area contributed by atoms with Crippen molar-refractivity contribution in [2.24, 2.45) is 5.92 Å². The predicted octanol–water partition coefficient (Wildman–Crippen LogP) is 0.505. The van der Waals surface area contributed by atoms with E-state index < -0.39 is 18.2 Å². The molecular formula is C16H22N2O4. The highest BCUT2D eigenvalue weighted by atomic mass is 16.5. The number of ether oxygens (including phenoxy) is 1. The monoisotopic (exact) mass is 306 g/mol. The molecule has 1 saturated heterocycles. The van der Waals surface area contributed by atoms with Crippen molar-refractivity contribution in [3.63, 3.8) is 0 Å². The summed E-state index contributed by atoms with van der Waals surface area (Å²) in [5.74, 6) is -0.939. The van der Waals surface area contributed by atoms with Crippen LogP contribution >= 0.6 is 0 Å². The number of nitrogens with one attached hydrogen (secondary N) is 1. The highest BCUT2D eigenvalue weighted by Crippen LogP contribution is 2.24. The van der Waals surface area contributed by atoms with Gasteiger partial charge in [-0.3, -0.25) is 14.5 Å². The number of hydrogen-bond acceptors (Lipinski definition) is 5. The molecule has 6 heteroatoms. The smallest absolute Gasteiger partial charge is 0.310 e. The second-order valence-electron chi connectivity index (χ2n) is 5.58. The molecule has 2 rings (SSSR count). The second kappa shape index (κ2) is 7.38. The molecule has 22 heavy (non-hydrogen) atoms. The minimum Gasteiger partial charge on any atom is -0.469 e. The summed E-state index contributed by atoms with van der Waals surface area (Å²) in [6, 6.07) is 9.73. The molecule has 0 unspecified atom stereocenters. The van der Waals surface area contributed by atoms with E-state index in [1.54, 1.807) is 0 Å². The first-order chi connectivity index (χ1) is 10.5. The average molecular weight is 306 g/mol. The molecule has 1 heterocycles. The highest BCUT2D eigenvalue weighted by molar-refractivity contribution is 5.74. The number of nitrogens with zero attached hydrogens (tertiary/aromatic N) is 1. The van der Waals surface area contributed by atoms with E-state index in [4.69, 9.17) is 4.74 Å². The Labute approximate surface area is 130 Å². The van der Waals surface area contributed by atoms with Crippen LogP contribution in [0.1, 0.15) is 18.9 Å². The standard InChI is InChI=1S/C16H22N2O4/c1-11(19)17-15-14(20)8-13(16(21)22-2)10-18(15)9-12-6-4-3-5-7-12/h3-7,13-15,20H,8-10H2,1-2H3,(H,17,19)/t13-,14+,15+/m1/s1. The first-order valence-corrected chi connectivity index (χ1v) is 7.32. The van der Waals surface area contributed by atoms with Crippen molar-refractivity contribution in [2.75, 3.05) is 13.7 Å². The molecule has 2 N–H and O–H groups in total. The number of esters is 1. The third-order valence-electron chi connectivity index (χ3n) is 3.85. The molecule has 120 valence electrons. The van der Waals surface area contributed by atoms with Gasteiger partial charge in [0.05, 0.1) is 19.1 Å². The summed E-state index contributed by atoms with van der Waals surface area (Å²) in [7, 11) is 1.34. The van der Waals surface area contributed by atoms with Crippen LogP contribution in [0.15, 0.2) is 30.3 Å². The minimum absolute atomic E-state index is 0.210. The molecule has 3 atom stereocenters. The van der Waals surface area contributed by atoms with Crippen LogP contribution in [0.3, 0.4) is 0 Å². The van der Waals surface area contributed by atoms with Crippen molar-refractivity contribution >= 4 is 11.9 Å². The number of aliphatic hydroxyl groups excluding tert-OH is 1. The molecule has 6 nitrogen and oxygen atoms in total. The first-order valence-electron chi connectivity index (χ1n) is 7.32. The van der Waals surface area contributed by atoms with Crippen LogP contribution in [0, 0.1) is 5.92 Å². The number of rotatable bonds is 4. The Morgan fingerprint density at radius 1 is 1.36 bits per heavy atom. The van der Waals surface area contributed by atoms with Gasteiger partial charge in [0.2, 0.25) is 5.91 Å². The van der Waals surface area contributed by atoms with Gasteiger partial charge in [-0.25, -0.2) is 0 Å². The topological polar surface area (TPSA) is 78.9 Å². The molecular weight excluding hydrogens is 284 g/mol. The van der Waals surface area contributed by atoms with E-state index in [0.717, 1.165) is 5.56 Å². The lowest BCUT2D eigenvalue weighted by Crippen LogP contribution is -2.60. The molecule has 0 aliphatic carbocycles. The number of amides is 1. The van der Waals surface area contributed by atoms with Crippen LogP contribution < -0.4 is 5.32 Å². The molecule has 1 aromatic rings. The van der Waals surface area contributed by atoms with Gasteiger partial charge in [-0.05, 0) is 12.0 Å². The summed E-state index contributed by atoms with van der Waals surface area (Å²) in [4.78, 5) is 25.1. The Bertz CT molecular complexity index is 520. The Hall–Kier alpha value is -1.92. The van der Waals surface area contributed by atoms with Gasteiger partial charge in [-0.1, -0.05) is 30.3 Å². The molecule has 1 aliphatic heterocycles. The van der Waals surface area contributed by atoms with Crippen LogP contribution in [0.2, 0.25) is 0 Å². The quantitative estimate of drug-likeness (QED) is 0.792.